The number of carbonyl (C=O) groups excluding carboxylic acids is 2. The smallest absolute Gasteiger partial charge is 0.305 e. The van der Waals surface area contributed by atoms with Gasteiger partial charge in [0, 0.05) is 31.8 Å². The van der Waals surface area contributed by atoms with Crippen molar-refractivity contribution in [3.05, 3.63) is 30.1 Å². The SMILES string of the molecule is COC(=O)CCCC(=O)N1CCCC[C@@H]1c1cccnc1. The Bertz CT molecular complexity index is 476. The van der Waals surface area contributed by atoms with Crippen molar-refractivity contribution in [1.82, 2.24) is 9.88 Å². The van der Waals surface area contributed by atoms with Crippen molar-refractivity contribution in [2.75, 3.05) is 13.7 Å². The molecule has 0 radical (unpaired) electrons. The van der Waals surface area contributed by atoms with E-state index in [9.17, 15) is 9.59 Å². The molecule has 0 N–H and O–H groups in total. The zero-order valence-corrected chi connectivity index (χ0v) is 12.5. The van der Waals surface area contributed by atoms with Gasteiger partial charge in [-0.05, 0) is 37.3 Å². The molecule has 1 saturated heterocycles. The lowest BCUT2D eigenvalue weighted by atomic mass is 9.96. The first-order valence-corrected chi connectivity index (χ1v) is 7.48. The lowest BCUT2D eigenvalue weighted by molar-refractivity contribution is -0.141. The van der Waals surface area contributed by atoms with Crippen molar-refractivity contribution in [3.8, 4) is 0 Å². The molecule has 21 heavy (non-hydrogen) atoms. The Morgan fingerprint density at radius 2 is 2.24 bits per heavy atom. The van der Waals surface area contributed by atoms with Gasteiger partial charge in [-0.15, -0.1) is 0 Å². The van der Waals surface area contributed by atoms with E-state index in [0.29, 0.717) is 19.3 Å². The highest BCUT2D eigenvalue weighted by Crippen LogP contribution is 2.31. The third-order valence-corrected chi connectivity index (χ3v) is 3.89. The third kappa shape index (κ3) is 4.28. The van der Waals surface area contributed by atoms with Crippen LogP contribution in [0.5, 0.6) is 0 Å². The van der Waals surface area contributed by atoms with Crippen LogP contribution in [0.3, 0.4) is 0 Å². The Labute approximate surface area is 125 Å². The molecule has 1 aliphatic heterocycles. The van der Waals surface area contributed by atoms with Crippen LogP contribution in [-0.2, 0) is 14.3 Å². The van der Waals surface area contributed by atoms with Crippen LogP contribution >= 0.6 is 0 Å². The Morgan fingerprint density at radius 3 is 2.95 bits per heavy atom. The molecule has 1 atom stereocenters. The average molecular weight is 290 g/mol. The second-order valence-corrected chi connectivity index (χ2v) is 5.31. The summed E-state index contributed by atoms with van der Waals surface area (Å²) in [5.41, 5.74) is 1.10. The van der Waals surface area contributed by atoms with Crippen molar-refractivity contribution in [3.63, 3.8) is 0 Å². The normalized spacial score (nSPS) is 18.3. The average Bonchev–Trinajstić information content (AvgIpc) is 2.55. The number of hydrogen-bond donors (Lipinski definition) is 0. The number of esters is 1. The summed E-state index contributed by atoms with van der Waals surface area (Å²) < 4.78 is 4.60. The molecule has 114 valence electrons. The molecule has 0 aromatic carbocycles. The van der Waals surface area contributed by atoms with Gasteiger partial charge >= 0.3 is 5.97 Å². The highest BCUT2D eigenvalue weighted by molar-refractivity contribution is 5.77. The van der Waals surface area contributed by atoms with Gasteiger partial charge < -0.3 is 9.64 Å². The summed E-state index contributed by atoms with van der Waals surface area (Å²) in [5, 5.41) is 0. The molecule has 0 unspecified atom stereocenters. The minimum atomic E-state index is -0.259. The zero-order chi connectivity index (χ0) is 15.1. The summed E-state index contributed by atoms with van der Waals surface area (Å²) in [6.45, 7) is 0.788. The van der Waals surface area contributed by atoms with E-state index in [-0.39, 0.29) is 17.9 Å². The van der Waals surface area contributed by atoms with Crippen molar-refractivity contribution >= 4 is 11.9 Å². The van der Waals surface area contributed by atoms with Gasteiger partial charge in [0.25, 0.3) is 0 Å². The molecule has 1 aromatic rings. The first-order chi connectivity index (χ1) is 10.2. The van der Waals surface area contributed by atoms with Gasteiger partial charge in [0.15, 0.2) is 0 Å². The largest absolute Gasteiger partial charge is 0.469 e. The number of rotatable bonds is 5. The summed E-state index contributed by atoms with van der Waals surface area (Å²) in [4.78, 5) is 29.6. The molecule has 5 heteroatoms. The molecule has 2 rings (SSSR count). The van der Waals surface area contributed by atoms with Crippen LogP contribution < -0.4 is 0 Å². The highest BCUT2D eigenvalue weighted by atomic mass is 16.5. The summed E-state index contributed by atoms with van der Waals surface area (Å²) in [6.07, 6.45) is 7.97. The second-order valence-electron chi connectivity index (χ2n) is 5.31. The van der Waals surface area contributed by atoms with E-state index in [1.54, 1.807) is 6.20 Å². The van der Waals surface area contributed by atoms with Gasteiger partial charge in [0.05, 0.1) is 13.2 Å². The maximum absolute atomic E-state index is 12.4. The van der Waals surface area contributed by atoms with Gasteiger partial charge in [-0.25, -0.2) is 0 Å². The monoisotopic (exact) mass is 290 g/mol. The van der Waals surface area contributed by atoms with Gasteiger partial charge in [0.1, 0.15) is 0 Å². The van der Waals surface area contributed by atoms with E-state index in [4.69, 9.17) is 0 Å². The second kappa shape index (κ2) is 7.76. The van der Waals surface area contributed by atoms with Crippen molar-refractivity contribution in [1.29, 1.82) is 0 Å². The van der Waals surface area contributed by atoms with Crippen molar-refractivity contribution in [2.45, 2.75) is 44.6 Å². The Kier molecular flexibility index (Phi) is 5.72. The summed E-state index contributed by atoms with van der Waals surface area (Å²) in [6, 6.07) is 4.06. The molecule has 1 amide bonds. The number of carbonyl (C=O) groups is 2. The summed E-state index contributed by atoms with van der Waals surface area (Å²) in [7, 11) is 1.37. The minimum Gasteiger partial charge on any atom is -0.469 e. The molecule has 1 aliphatic rings. The number of methoxy groups -OCH3 is 1. The fourth-order valence-corrected chi connectivity index (χ4v) is 2.78. The van der Waals surface area contributed by atoms with E-state index in [1.807, 2.05) is 23.2 Å². The van der Waals surface area contributed by atoms with Crippen LogP contribution in [0.1, 0.15) is 50.1 Å². The molecule has 1 fully saturated rings. The fraction of sp³-hybridized carbons (Fsp3) is 0.562. The quantitative estimate of drug-likeness (QED) is 0.782. The maximum Gasteiger partial charge on any atom is 0.305 e. The van der Waals surface area contributed by atoms with Crippen LogP contribution in [0.15, 0.2) is 24.5 Å². The molecular formula is C16H22N2O3. The number of aromatic nitrogens is 1. The van der Waals surface area contributed by atoms with Gasteiger partial charge in [-0.3, -0.25) is 14.6 Å². The molecule has 0 bridgehead atoms. The van der Waals surface area contributed by atoms with Crippen LogP contribution in [-0.4, -0.2) is 35.4 Å². The predicted molar refractivity (Wildman–Crippen MR) is 78.4 cm³/mol. The Morgan fingerprint density at radius 1 is 1.38 bits per heavy atom. The van der Waals surface area contributed by atoms with Crippen molar-refractivity contribution in [2.24, 2.45) is 0 Å². The lowest BCUT2D eigenvalue weighted by Crippen LogP contribution is -2.38. The molecule has 5 nitrogen and oxygen atoms in total. The van der Waals surface area contributed by atoms with E-state index in [1.165, 1.54) is 7.11 Å². The van der Waals surface area contributed by atoms with E-state index in [2.05, 4.69) is 9.72 Å². The van der Waals surface area contributed by atoms with Crippen LogP contribution in [0, 0.1) is 0 Å². The van der Waals surface area contributed by atoms with Crippen molar-refractivity contribution < 1.29 is 14.3 Å². The first-order valence-electron chi connectivity index (χ1n) is 7.48. The standard InChI is InChI=1S/C16H22N2O3/c1-21-16(20)9-4-8-15(19)18-11-3-2-7-14(18)13-6-5-10-17-12-13/h5-6,10,12,14H,2-4,7-9,11H2,1H3/t14-/m1/s1. The number of hydrogen-bond acceptors (Lipinski definition) is 4. The fourth-order valence-electron chi connectivity index (χ4n) is 2.78. The van der Waals surface area contributed by atoms with Crippen LogP contribution in [0.4, 0.5) is 0 Å². The van der Waals surface area contributed by atoms with Crippen LogP contribution in [0.2, 0.25) is 0 Å². The van der Waals surface area contributed by atoms with E-state index in [0.717, 1.165) is 31.4 Å². The van der Waals surface area contributed by atoms with E-state index < -0.39 is 0 Å². The number of ether oxygens (including phenoxy) is 1. The van der Waals surface area contributed by atoms with Gasteiger partial charge in [0.2, 0.25) is 5.91 Å². The molecule has 1 aromatic heterocycles. The first kappa shape index (κ1) is 15.5. The number of pyridine rings is 1. The number of nitrogens with zero attached hydrogens (tertiary/aromatic N) is 2. The highest BCUT2D eigenvalue weighted by Gasteiger charge is 2.27. The number of piperidine rings is 1. The molecule has 0 aliphatic carbocycles. The predicted octanol–water partition coefficient (Wildman–Crippen LogP) is 2.48. The lowest BCUT2D eigenvalue weighted by Gasteiger charge is -2.36. The maximum atomic E-state index is 12.4. The minimum absolute atomic E-state index is 0.118. The van der Waals surface area contributed by atoms with E-state index >= 15 is 0 Å². The molecule has 0 saturated carbocycles. The molecular weight excluding hydrogens is 268 g/mol. The number of likely N-dealkylation sites (tertiary alicyclic amines) is 1. The summed E-state index contributed by atoms with van der Waals surface area (Å²) in [5.74, 6) is -0.141. The Balaban J connectivity index is 1.95. The Hall–Kier alpha value is -1.91. The molecule has 2 heterocycles. The van der Waals surface area contributed by atoms with Gasteiger partial charge in [-0.2, -0.15) is 0 Å². The summed E-state index contributed by atoms with van der Waals surface area (Å²) >= 11 is 0. The van der Waals surface area contributed by atoms with Crippen LogP contribution in [0.25, 0.3) is 0 Å². The zero-order valence-electron chi connectivity index (χ0n) is 12.5. The molecule has 0 spiro atoms. The topological polar surface area (TPSA) is 59.5 Å². The van der Waals surface area contributed by atoms with Gasteiger partial charge in [-0.1, -0.05) is 6.07 Å². The number of amides is 1. The third-order valence-electron chi connectivity index (χ3n) is 3.89.